The van der Waals surface area contributed by atoms with Crippen LogP contribution in [0, 0.1) is 0 Å². The lowest BCUT2D eigenvalue weighted by molar-refractivity contribution is 0.113. The molecule has 0 spiro atoms. The molecule has 0 amide bonds. The Bertz CT molecular complexity index is 893. The van der Waals surface area contributed by atoms with Crippen molar-refractivity contribution in [2.24, 2.45) is 0 Å². The first kappa shape index (κ1) is 21.5. The van der Waals surface area contributed by atoms with Crippen molar-refractivity contribution in [3.05, 3.63) is 40.2 Å². The number of benzene rings is 1. The largest absolute Gasteiger partial charge is 0.497 e. The number of ether oxygens (including phenoxy) is 2. The zero-order valence-corrected chi connectivity index (χ0v) is 18.2. The minimum atomic E-state index is -0.0977. The van der Waals surface area contributed by atoms with Crippen molar-refractivity contribution in [2.75, 3.05) is 47.4 Å². The standard InChI is InChI=1S/C21H30N4O3S/c1-24(2)8-9-25(21(29)22-13-18-5-4-10-28-18)14-16-11-15-12-17(27-3)6-7-19(15)23-20(16)26/h6-7,11-12,18H,4-5,8-10,13-14H2,1-3H3,(H,22,29)(H,23,26)/t18-/m0/s1. The third-order valence-electron chi connectivity index (χ3n) is 5.10. The SMILES string of the molecule is COc1ccc2[nH]c(=O)c(CN(CCN(C)C)C(=S)NC[C@@H]3CCCO3)cc2c1. The predicted octanol–water partition coefficient (Wildman–Crippen LogP) is 1.95. The molecule has 1 aliphatic rings. The number of rotatable bonds is 8. The van der Waals surface area contributed by atoms with Crippen LogP contribution in [-0.2, 0) is 11.3 Å². The number of fused-ring (bicyclic) bond motifs is 1. The lowest BCUT2D eigenvalue weighted by Gasteiger charge is -2.28. The van der Waals surface area contributed by atoms with Crippen molar-refractivity contribution in [1.29, 1.82) is 0 Å². The van der Waals surface area contributed by atoms with Gasteiger partial charge in [0.05, 0.1) is 19.8 Å². The highest BCUT2D eigenvalue weighted by Crippen LogP contribution is 2.19. The maximum atomic E-state index is 12.6. The topological polar surface area (TPSA) is 69.8 Å². The smallest absolute Gasteiger partial charge is 0.253 e. The number of methoxy groups -OCH3 is 1. The summed E-state index contributed by atoms with van der Waals surface area (Å²) in [7, 11) is 5.68. The van der Waals surface area contributed by atoms with Gasteiger partial charge in [-0.25, -0.2) is 0 Å². The molecule has 2 aromatic rings. The lowest BCUT2D eigenvalue weighted by atomic mass is 10.1. The third-order valence-corrected chi connectivity index (χ3v) is 5.50. The number of pyridine rings is 1. The van der Waals surface area contributed by atoms with E-state index in [1.807, 2.05) is 43.3 Å². The number of hydrogen-bond donors (Lipinski definition) is 2. The van der Waals surface area contributed by atoms with Crippen LogP contribution in [0.3, 0.4) is 0 Å². The normalized spacial score (nSPS) is 16.3. The summed E-state index contributed by atoms with van der Waals surface area (Å²) in [5.41, 5.74) is 1.36. The van der Waals surface area contributed by atoms with E-state index in [4.69, 9.17) is 21.7 Å². The Balaban J connectivity index is 1.77. The van der Waals surface area contributed by atoms with Crippen LogP contribution in [0.15, 0.2) is 29.1 Å². The first-order valence-corrected chi connectivity index (χ1v) is 10.4. The minimum absolute atomic E-state index is 0.0977. The molecule has 1 fully saturated rings. The van der Waals surface area contributed by atoms with E-state index >= 15 is 0 Å². The van der Waals surface area contributed by atoms with Crippen LogP contribution in [0.2, 0.25) is 0 Å². The monoisotopic (exact) mass is 418 g/mol. The van der Waals surface area contributed by atoms with Crippen LogP contribution in [0.1, 0.15) is 18.4 Å². The molecule has 0 saturated carbocycles. The molecule has 0 unspecified atom stereocenters. The molecule has 1 aromatic carbocycles. The second-order valence-corrected chi connectivity index (χ2v) is 8.01. The average molecular weight is 419 g/mol. The summed E-state index contributed by atoms with van der Waals surface area (Å²) in [6.45, 7) is 3.51. The number of aromatic amines is 1. The zero-order valence-electron chi connectivity index (χ0n) is 17.4. The van der Waals surface area contributed by atoms with Gasteiger partial charge in [-0.1, -0.05) is 0 Å². The number of nitrogens with zero attached hydrogens (tertiary/aromatic N) is 2. The van der Waals surface area contributed by atoms with Gasteiger partial charge in [0.25, 0.3) is 5.56 Å². The zero-order chi connectivity index (χ0) is 20.8. The molecule has 29 heavy (non-hydrogen) atoms. The first-order valence-electron chi connectivity index (χ1n) is 9.95. The Labute approximate surface area is 177 Å². The number of aromatic nitrogens is 1. The summed E-state index contributed by atoms with van der Waals surface area (Å²) in [5.74, 6) is 0.758. The van der Waals surface area contributed by atoms with Gasteiger partial charge in [-0.2, -0.15) is 0 Å². The summed E-state index contributed by atoms with van der Waals surface area (Å²) in [6, 6.07) is 7.54. The predicted molar refractivity (Wildman–Crippen MR) is 120 cm³/mol. The first-order chi connectivity index (χ1) is 14.0. The molecule has 1 atom stereocenters. The van der Waals surface area contributed by atoms with Crippen LogP contribution in [0.25, 0.3) is 10.9 Å². The van der Waals surface area contributed by atoms with E-state index in [-0.39, 0.29) is 11.7 Å². The van der Waals surface area contributed by atoms with Crippen molar-refractivity contribution >= 4 is 28.2 Å². The van der Waals surface area contributed by atoms with Gasteiger partial charge in [0.1, 0.15) is 5.75 Å². The fourth-order valence-corrected chi connectivity index (χ4v) is 3.61. The van der Waals surface area contributed by atoms with Gasteiger partial charge < -0.3 is 29.6 Å². The van der Waals surface area contributed by atoms with Gasteiger partial charge in [-0.15, -0.1) is 0 Å². The van der Waals surface area contributed by atoms with E-state index in [1.165, 1.54) is 0 Å². The van der Waals surface area contributed by atoms with Crippen LogP contribution in [-0.4, -0.2) is 73.4 Å². The molecular weight excluding hydrogens is 388 g/mol. The second kappa shape index (κ2) is 10.0. The highest BCUT2D eigenvalue weighted by Gasteiger charge is 2.18. The molecule has 1 aliphatic heterocycles. The van der Waals surface area contributed by atoms with Gasteiger partial charge in [0.2, 0.25) is 0 Å². The highest BCUT2D eigenvalue weighted by atomic mass is 32.1. The van der Waals surface area contributed by atoms with Gasteiger partial charge >= 0.3 is 0 Å². The van der Waals surface area contributed by atoms with Crippen LogP contribution in [0.4, 0.5) is 0 Å². The molecule has 1 saturated heterocycles. The third kappa shape index (κ3) is 5.91. The number of thiocarbonyl (C=S) groups is 1. The Morgan fingerprint density at radius 2 is 2.17 bits per heavy atom. The van der Waals surface area contributed by atoms with Gasteiger partial charge in [0.15, 0.2) is 5.11 Å². The number of hydrogen-bond acceptors (Lipinski definition) is 5. The fourth-order valence-electron chi connectivity index (χ4n) is 3.37. The quantitative estimate of drug-likeness (QED) is 0.635. The second-order valence-electron chi connectivity index (χ2n) is 7.62. The Morgan fingerprint density at radius 3 is 2.86 bits per heavy atom. The summed E-state index contributed by atoms with van der Waals surface area (Å²) >= 11 is 5.65. The number of H-pyrrole nitrogens is 1. The number of likely N-dealkylation sites (N-methyl/N-ethyl adjacent to an activating group) is 1. The molecule has 0 aliphatic carbocycles. The molecular formula is C21H30N4O3S. The molecule has 2 heterocycles. The highest BCUT2D eigenvalue weighted by molar-refractivity contribution is 7.80. The van der Waals surface area contributed by atoms with Gasteiger partial charge in [-0.3, -0.25) is 4.79 Å². The molecule has 1 aromatic heterocycles. The van der Waals surface area contributed by atoms with E-state index in [0.29, 0.717) is 23.8 Å². The van der Waals surface area contributed by atoms with E-state index in [0.717, 1.165) is 49.2 Å². The molecule has 8 heteroatoms. The van der Waals surface area contributed by atoms with E-state index < -0.39 is 0 Å². The van der Waals surface area contributed by atoms with E-state index in [9.17, 15) is 4.79 Å². The van der Waals surface area contributed by atoms with Crippen molar-refractivity contribution in [3.63, 3.8) is 0 Å². The van der Waals surface area contributed by atoms with E-state index in [2.05, 4.69) is 15.2 Å². The maximum Gasteiger partial charge on any atom is 0.253 e. The summed E-state index contributed by atoms with van der Waals surface area (Å²) < 4.78 is 11.0. The lowest BCUT2D eigenvalue weighted by Crippen LogP contribution is -2.45. The van der Waals surface area contributed by atoms with Gasteiger partial charge in [0, 0.05) is 42.7 Å². The molecule has 2 N–H and O–H groups in total. The van der Waals surface area contributed by atoms with Crippen LogP contribution < -0.4 is 15.6 Å². The molecule has 7 nitrogen and oxygen atoms in total. The van der Waals surface area contributed by atoms with E-state index in [1.54, 1.807) is 7.11 Å². The summed E-state index contributed by atoms with van der Waals surface area (Å²) in [5, 5.41) is 4.91. The molecule has 0 radical (unpaired) electrons. The van der Waals surface area contributed by atoms with Crippen LogP contribution in [0.5, 0.6) is 5.75 Å². The van der Waals surface area contributed by atoms with Gasteiger partial charge in [-0.05, 0) is 63.4 Å². The van der Waals surface area contributed by atoms with Crippen molar-refractivity contribution in [2.45, 2.75) is 25.5 Å². The minimum Gasteiger partial charge on any atom is -0.497 e. The molecule has 0 bridgehead atoms. The molecule has 158 valence electrons. The van der Waals surface area contributed by atoms with Crippen molar-refractivity contribution < 1.29 is 9.47 Å². The Kier molecular flexibility index (Phi) is 7.46. The average Bonchev–Trinajstić information content (AvgIpc) is 3.22. The Hall–Kier alpha value is -2.16. The Morgan fingerprint density at radius 1 is 1.34 bits per heavy atom. The van der Waals surface area contributed by atoms with Crippen molar-refractivity contribution in [1.82, 2.24) is 20.1 Å². The summed E-state index contributed by atoms with van der Waals surface area (Å²) in [4.78, 5) is 19.8. The summed E-state index contributed by atoms with van der Waals surface area (Å²) in [6.07, 6.45) is 2.36. The number of nitrogens with one attached hydrogen (secondary N) is 2. The fraction of sp³-hybridized carbons (Fsp3) is 0.524. The van der Waals surface area contributed by atoms with Crippen molar-refractivity contribution in [3.8, 4) is 5.75 Å². The molecule has 3 rings (SSSR count). The van der Waals surface area contributed by atoms with Crippen LogP contribution >= 0.6 is 12.2 Å². The maximum absolute atomic E-state index is 12.6.